The van der Waals surface area contributed by atoms with E-state index in [4.69, 9.17) is 9.47 Å². The first-order valence-electron chi connectivity index (χ1n) is 8.64. The number of carbonyl (C=O) groups is 1. The maximum atomic E-state index is 12.7. The molecule has 2 aromatic carbocycles. The summed E-state index contributed by atoms with van der Waals surface area (Å²) in [4.78, 5) is 17.8. The highest BCUT2D eigenvalue weighted by molar-refractivity contribution is 7.16. The number of thiazole rings is 1. The van der Waals surface area contributed by atoms with Gasteiger partial charge in [0, 0.05) is 6.54 Å². The van der Waals surface area contributed by atoms with E-state index in [2.05, 4.69) is 42.5 Å². The average Bonchev–Trinajstić information content (AvgIpc) is 2.98. The van der Waals surface area contributed by atoms with Crippen LogP contribution in [-0.4, -0.2) is 23.2 Å². The zero-order valence-electron chi connectivity index (χ0n) is 15.0. The Morgan fingerprint density at radius 2 is 2.04 bits per heavy atom. The molecular formula is C20H20N2O3S. The van der Waals surface area contributed by atoms with Crippen molar-refractivity contribution >= 4 is 27.5 Å². The van der Waals surface area contributed by atoms with Crippen LogP contribution < -0.4 is 14.3 Å². The summed E-state index contributed by atoms with van der Waals surface area (Å²) in [6, 6.07) is 11.7. The number of aromatic nitrogens is 1. The van der Waals surface area contributed by atoms with Crippen LogP contribution in [0.3, 0.4) is 0 Å². The maximum absolute atomic E-state index is 12.7. The predicted octanol–water partition coefficient (Wildman–Crippen LogP) is 3.61. The molecule has 1 aliphatic rings. The van der Waals surface area contributed by atoms with E-state index < -0.39 is 6.10 Å². The summed E-state index contributed by atoms with van der Waals surface area (Å²) in [7, 11) is 0. The molecule has 2 heterocycles. The predicted molar refractivity (Wildman–Crippen MR) is 102 cm³/mol. The lowest BCUT2D eigenvalue weighted by atomic mass is 10.1. The fourth-order valence-corrected chi connectivity index (χ4v) is 4.36. The zero-order chi connectivity index (χ0) is 18.3. The van der Waals surface area contributed by atoms with E-state index in [0.29, 0.717) is 16.3 Å². The molecule has 0 bridgehead atoms. The van der Waals surface area contributed by atoms with Crippen molar-refractivity contribution in [2.45, 2.75) is 33.4 Å². The van der Waals surface area contributed by atoms with Crippen molar-refractivity contribution in [2.75, 3.05) is 6.61 Å². The van der Waals surface area contributed by atoms with Gasteiger partial charge in [-0.1, -0.05) is 29.5 Å². The van der Waals surface area contributed by atoms with Gasteiger partial charge < -0.3 is 14.0 Å². The highest BCUT2D eigenvalue weighted by Crippen LogP contribution is 2.31. The van der Waals surface area contributed by atoms with Gasteiger partial charge in [0.1, 0.15) is 6.61 Å². The zero-order valence-corrected chi connectivity index (χ0v) is 15.8. The smallest absolute Gasteiger partial charge is 0.292 e. The van der Waals surface area contributed by atoms with Crippen molar-refractivity contribution < 1.29 is 14.3 Å². The number of benzene rings is 2. The van der Waals surface area contributed by atoms with Gasteiger partial charge in [-0.25, -0.2) is 0 Å². The normalized spacial score (nSPS) is 16.9. The monoisotopic (exact) mass is 368 g/mol. The molecular weight excluding hydrogens is 348 g/mol. The van der Waals surface area contributed by atoms with Crippen LogP contribution in [0.5, 0.6) is 11.5 Å². The number of hydrogen-bond acceptors (Lipinski definition) is 4. The van der Waals surface area contributed by atoms with Gasteiger partial charge in [0.15, 0.2) is 16.3 Å². The van der Waals surface area contributed by atoms with E-state index >= 15 is 0 Å². The van der Waals surface area contributed by atoms with E-state index in [1.165, 1.54) is 11.1 Å². The molecule has 0 fully saturated rings. The third kappa shape index (κ3) is 2.90. The number of rotatable bonds is 2. The molecule has 4 rings (SSSR count). The lowest BCUT2D eigenvalue weighted by molar-refractivity contribution is -0.127. The van der Waals surface area contributed by atoms with Crippen molar-refractivity contribution in [3.8, 4) is 11.5 Å². The standard InChI is InChI=1S/C20H20N2O3S/c1-4-22-14-10-12(2)9-13(3)18(14)26-20(22)21-19(23)17-11-24-15-7-5-6-8-16(15)25-17/h5-10,17H,4,11H2,1-3H3/t17-/m1/s1. The molecule has 0 N–H and O–H groups in total. The minimum absolute atomic E-state index is 0.175. The number of para-hydroxylation sites is 2. The van der Waals surface area contributed by atoms with Crippen LogP contribution >= 0.6 is 11.3 Å². The Morgan fingerprint density at radius 1 is 1.27 bits per heavy atom. The minimum Gasteiger partial charge on any atom is -0.485 e. The molecule has 3 aromatic rings. The van der Waals surface area contributed by atoms with Gasteiger partial charge >= 0.3 is 0 Å². The molecule has 5 nitrogen and oxygen atoms in total. The Hall–Kier alpha value is -2.60. The minimum atomic E-state index is -0.719. The van der Waals surface area contributed by atoms with Gasteiger partial charge in [-0.15, -0.1) is 0 Å². The largest absolute Gasteiger partial charge is 0.485 e. The van der Waals surface area contributed by atoms with Gasteiger partial charge in [-0.2, -0.15) is 4.99 Å². The molecule has 1 amide bonds. The molecule has 0 radical (unpaired) electrons. The van der Waals surface area contributed by atoms with Crippen LogP contribution in [0.25, 0.3) is 10.2 Å². The van der Waals surface area contributed by atoms with E-state index in [-0.39, 0.29) is 12.5 Å². The first-order chi connectivity index (χ1) is 12.6. The first-order valence-corrected chi connectivity index (χ1v) is 9.46. The van der Waals surface area contributed by atoms with Crippen LogP contribution in [0.2, 0.25) is 0 Å². The van der Waals surface area contributed by atoms with Gasteiger partial charge in [-0.3, -0.25) is 4.79 Å². The molecule has 0 unspecified atom stereocenters. The second kappa shape index (κ2) is 6.61. The SMILES string of the molecule is CCn1c(=NC(=O)[C@H]2COc3ccccc3O2)sc2c(C)cc(C)cc21. The van der Waals surface area contributed by atoms with Crippen molar-refractivity contribution in [2.24, 2.45) is 4.99 Å². The Balaban J connectivity index is 1.72. The topological polar surface area (TPSA) is 52.8 Å². The Labute approximate surface area is 155 Å². The van der Waals surface area contributed by atoms with Gasteiger partial charge in [0.25, 0.3) is 5.91 Å². The second-order valence-electron chi connectivity index (χ2n) is 6.37. The van der Waals surface area contributed by atoms with E-state index in [1.807, 2.05) is 18.2 Å². The summed E-state index contributed by atoms with van der Waals surface area (Å²) in [6.45, 7) is 7.15. The van der Waals surface area contributed by atoms with Crippen LogP contribution in [0.15, 0.2) is 41.4 Å². The van der Waals surface area contributed by atoms with Crippen molar-refractivity contribution in [1.29, 1.82) is 0 Å². The number of aryl methyl sites for hydroxylation is 3. The number of fused-ring (bicyclic) bond motifs is 2. The van der Waals surface area contributed by atoms with Crippen LogP contribution in [-0.2, 0) is 11.3 Å². The number of hydrogen-bond donors (Lipinski definition) is 0. The van der Waals surface area contributed by atoms with Gasteiger partial charge in [0.2, 0.25) is 6.10 Å². The Morgan fingerprint density at radius 3 is 2.81 bits per heavy atom. The number of amides is 1. The molecule has 0 aliphatic carbocycles. The Bertz CT molecular complexity index is 1060. The lowest BCUT2D eigenvalue weighted by Crippen LogP contribution is -2.36. The molecule has 26 heavy (non-hydrogen) atoms. The molecule has 0 saturated carbocycles. The molecule has 1 aromatic heterocycles. The molecule has 0 saturated heterocycles. The second-order valence-corrected chi connectivity index (χ2v) is 7.35. The average molecular weight is 368 g/mol. The van der Waals surface area contributed by atoms with Gasteiger partial charge in [-0.05, 0) is 50.1 Å². The lowest BCUT2D eigenvalue weighted by Gasteiger charge is -2.23. The third-order valence-electron chi connectivity index (χ3n) is 4.42. The van der Waals surface area contributed by atoms with Crippen LogP contribution in [0.1, 0.15) is 18.1 Å². The summed E-state index contributed by atoms with van der Waals surface area (Å²) < 4.78 is 14.7. The summed E-state index contributed by atoms with van der Waals surface area (Å²) in [5.41, 5.74) is 3.52. The summed E-state index contributed by atoms with van der Waals surface area (Å²) >= 11 is 1.54. The van der Waals surface area contributed by atoms with Crippen molar-refractivity contribution in [1.82, 2.24) is 4.57 Å². The summed E-state index contributed by atoms with van der Waals surface area (Å²) in [5, 5.41) is 0. The third-order valence-corrected chi connectivity index (χ3v) is 5.65. The van der Waals surface area contributed by atoms with Gasteiger partial charge in [0.05, 0.1) is 10.2 Å². The fraction of sp³-hybridized carbons (Fsp3) is 0.300. The Kier molecular flexibility index (Phi) is 4.28. The maximum Gasteiger partial charge on any atom is 0.292 e. The molecule has 1 atom stereocenters. The van der Waals surface area contributed by atoms with Crippen LogP contribution in [0, 0.1) is 13.8 Å². The van der Waals surface area contributed by atoms with E-state index in [1.54, 1.807) is 17.4 Å². The van der Waals surface area contributed by atoms with E-state index in [9.17, 15) is 4.79 Å². The van der Waals surface area contributed by atoms with Crippen molar-refractivity contribution in [3.63, 3.8) is 0 Å². The highest BCUT2D eigenvalue weighted by Gasteiger charge is 2.27. The first kappa shape index (κ1) is 16.8. The molecule has 0 spiro atoms. The quantitative estimate of drug-likeness (QED) is 0.694. The molecule has 6 heteroatoms. The summed E-state index contributed by atoms with van der Waals surface area (Å²) in [6.07, 6.45) is -0.719. The summed E-state index contributed by atoms with van der Waals surface area (Å²) in [5.74, 6) is 0.925. The number of nitrogens with zero attached hydrogens (tertiary/aromatic N) is 2. The highest BCUT2D eigenvalue weighted by atomic mass is 32.1. The van der Waals surface area contributed by atoms with Crippen LogP contribution in [0.4, 0.5) is 0 Å². The number of ether oxygens (including phenoxy) is 2. The molecule has 134 valence electrons. The van der Waals surface area contributed by atoms with Crippen molar-refractivity contribution in [3.05, 3.63) is 52.3 Å². The number of carbonyl (C=O) groups excluding carboxylic acids is 1. The van der Waals surface area contributed by atoms with E-state index in [0.717, 1.165) is 16.8 Å². The fourth-order valence-electron chi connectivity index (χ4n) is 3.21. The molecule has 1 aliphatic heterocycles.